The van der Waals surface area contributed by atoms with Gasteiger partial charge in [0.2, 0.25) is 12.7 Å². The topological polar surface area (TPSA) is 90.6 Å². The Morgan fingerprint density at radius 1 is 1.00 bits per heavy atom. The zero-order valence-corrected chi connectivity index (χ0v) is 17.2. The lowest BCUT2D eigenvalue weighted by molar-refractivity contribution is 0.0711. The zero-order valence-electron chi connectivity index (χ0n) is 17.2. The Bertz CT molecular complexity index is 1100. The fourth-order valence-corrected chi connectivity index (χ4v) is 4.23. The SMILES string of the molecule is Nc1nc(Cc2ccccc2)cc(C2CCN(C(=O)c3ccc4c(c3)OCO4)CC2)n1. The third-order valence-electron chi connectivity index (χ3n) is 5.86. The van der Waals surface area contributed by atoms with E-state index in [1.54, 1.807) is 18.2 Å². The van der Waals surface area contributed by atoms with Crippen molar-refractivity contribution in [2.45, 2.75) is 25.2 Å². The summed E-state index contributed by atoms with van der Waals surface area (Å²) in [7, 11) is 0. The molecule has 0 bridgehead atoms. The number of anilines is 1. The fraction of sp³-hybridized carbons (Fsp3) is 0.292. The van der Waals surface area contributed by atoms with E-state index in [0.717, 1.165) is 30.7 Å². The standard InChI is InChI=1S/C24H24N4O3/c25-24-26-19(12-16-4-2-1-3-5-16)14-20(27-24)17-8-10-28(11-9-17)23(29)18-6-7-21-22(13-18)31-15-30-21/h1-7,13-14,17H,8-12,15H2,(H2,25,26,27). The summed E-state index contributed by atoms with van der Waals surface area (Å²) in [5, 5.41) is 0. The van der Waals surface area contributed by atoms with Crippen molar-refractivity contribution in [3.63, 3.8) is 0 Å². The van der Waals surface area contributed by atoms with Crippen molar-refractivity contribution >= 4 is 11.9 Å². The van der Waals surface area contributed by atoms with Crippen LogP contribution in [0, 0.1) is 0 Å². The monoisotopic (exact) mass is 416 g/mol. The van der Waals surface area contributed by atoms with Crippen LogP contribution in [0.1, 0.15) is 46.1 Å². The number of hydrogen-bond donors (Lipinski definition) is 1. The van der Waals surface area contributed by atoms with Crippen molar-refractivity contribution in [2.75, 3.05) is 25.6 Å². The van der Waals surface area contributed by atoms with E-state index in [1.165, 1.54) is 5.56 Å². The van der Waals surface area contributed by atoms with E-state index in [9.17, 15) is 4.79 Å². The largest absolute Gasteiger partial charge is 0.454 e. The highest BCUT2D eigenvalue weighted by atomic mass is 16.7. The zero-order chi connectivity index (χ0) is 21.2. The molecule has 0 radical (unpaired) electrons. The lowest BCUT2D eigenvalue weighted by Gasteiger charge is -2.32. The number of fused-ring (bicyclic) bond motifs is 1. The normalized spacial score (nSPS) is 15.8. The maximum atomic E-state index is 12.9. The number of amides is 1. The molecule has 0 spiro atoms. The first kappa shape index (κ1) is 19.4. The van der Waals surface area contributed by atoms with Gasteiger partial charge in [-0.2, -0.15) is 0 Å². The Morgan fingerprint density at radius 2 is 1.77 bits per heavy atom. The maximum Gasteiger partial charge on any atom is 0.253 e. The van der Waals surface area contributed by atoms with Crippen LogP contribution in [0.3, 0.4) is 0 Å². The van der Waals surface area contributed by atoms with Crippen molar-refractivity contribution in [2.24, 2.45) is 0 Å². The molecule has 2 aliphatic heterocycles. The lowest BCUT2D eigenvalue weighted by Crippen LogP contribution is -2.38. The highest BCUT2D eigenvalue weighted by molar-refractivity contribution is 5.95. The smallest absolute Gasteiger partial charge is 0.253 e. The number of rotatable bonds is 4. The van der Waals surface area contributed by atoms with Gasteiger partial charge in [0.25, 0.3) is 5.91 Å². The van der Waals surface area contributed by atoms with Gasteiger partial charge in [-0.3, -0.25) is 4.79 Å². The molecule has 0 atom stereocenters. The highest BCUT2D eigenvalue weighted by Crippen LogP contribution is 2.34. The average molecular weight is 416 g/mol. The van der Waals surface area contributed by atoms with Crippen molar-refractivity contribution in [3.05, 3.63) is 77.1 Å². The van der Waals surface area contributed by atoms with E-state index in [4.69, 9.17) is 15.2 Å². The number of aromatic nitrogens is 2. The second kappa shape index (κ2) is 8.26. The molecule has 2 N–H and O–H groups in total. The molecule has 1 aromatic heterocycles. The number of nitrogens with zero attached hydrogens (tertiary/aromatic N) is 3. The van der Waals surface area contributed by atoms with Gasteiger partial charge < -0.3 is 20.1 Å². The van der Waals surface area contributed by atoms with E-state index in [0.29, 0.717) is 36.1 Å². The molecule has 0 aliphatic carbocycles. The van der Waals surface area contributed by atoms with Gasteiger partial charge in [0, 0.05) is 36.7 Å². The molecule has 1 saturated heterocycles. The number of carbonyl (C=O) groups is 1. The first-order chi connectivity index (χ1) is 15.2. The molecule has 158 valence electrons. The Labute approximate surface area is 180 Å². The summed E-state index contributed by atoms with van der Waals surface area (Å²) in [4.78, 5) is 23.7. The number of piperidine rings is 1. The quantitative estimate of drug-likeness (QED) is 0.701. The maximum absolute atomic E-state index is 12.9. The first-order valence-corrected chi connectivity index (χ1v) is 10.5. The molecule has 0 unspecified atom stereocenters. The summed E-state index contributed by atoms with van der Waals surface area (Å²) < 4.78 is 10.7. The van der Waals surface area contributed by atoms with Gasteiger partial charge >= 0.3 is 0 Å². The summed E-state index contributed by atoms with van der Waals surface area (Å²) in [5.74, 6) is 1.90. The molecule has 3 heterocycles. The number of nitrogens with two attached hydrogens (primary N) is 1. The average Bonchev–Trinajstić information content (AvgIpc) is 3.27. The fourth-order valence-electron chi connectivity index (χ4n) is 4.23. The van der Waals surface area contributed by atoms with Gasteiger partial charge in [-0.1, -0.05) is 30.3 Å². The summed E-state index contributed by atoms with van der Waals surface area (Å²) in [6, 6.07) is 17.6. The van der Waals surface area contributed by atoms with E-state index in [1.807, 2.05) is 23.1 Å². The summed E-state index contributed by atoms with van der Waals surface area (Å²) in [6.45, 7) is 1.55. The van der Waals surface area contributed by atoms with Gasteiger partial charge in [-0.25, -0.2) is 9.97 Å². The minimum Gasteiger partial charge on any atom is -0.454 e. The van der Waals surface area contributed by atoms with E-state index in [-0.39, 0.29) is 18.6 Å². The second-order valence-corrected chi connectivity index (χ2v) is 7.94. The molecule has 0 saturated carbocycles. The van der Waals surface area contributed by atoms with Crippen LogP contribution in [0.15, 0.2) is 54.6 Å². The van der Waals surface area contributed by atoms with Gasteiger partial charge in [-0.05, 0) is 42.7 Å². The van der Waals surface area contributed by atoms with E-state index in [2.05, 4.69) is 28.2 Å². The first-order valence-electron chi connectivity index (χ1n) is 10.5. The number of hydrogen-bond acceptors (Lipinski definition) is 6. The predicted molar refractivity (Wildman–Crippen MR) is 116 cm³/mol. The van der Waals surface area contributed by atoms with Crippen molar-refractivity contribution in [3.8, 4) is 11.5 Å². The third-order valence-corrected chi connectivity index (χ3v) is 5.86. The van der Waals surface area contributed by atoms with Crippen LogP contribution in [0.25, 0.3) is 0 Å². The van der Waals surface area contributed by atoms with E-state index < -0.39 is 0 Å². The molecule has 2 aliphatic rings. The van der Waals surface area contributed by atoms with Crippen molar-refractivity contribution < 1.29 is 14.3 Å². The van der Waals surface area contributed by atoms with Crippen LogP contribution in [0.2, 0.25) is 0 Å². The Kier molecular flexibility index (Phi) is 5.16. The Morgan fingerprint density at radius 3 is 2.58 bits per heavy atom. The van der Waals surface area contributed by atoms with Crippen LogP contribution in [-0.2, 0) is 6.42 Å². The molecule has 1 fully saturated rings. The lowest BCUT2D eigenvalue weighted by atomic mass is 9.92. The molecule has 7 nitrogen and oxygen atoms in total. The molecule has 3 aromatic rings. The summed E-state index contributed by atoms with van der Waals surface area (Å²) >= 11 is 0. The van der Waals surface area contributed by atoms with Crippen LogP contribution in [0.5, 0.6) is 11.5 Å². The number of benzene rings is 2. The van der Waals surface area contributed by atoms with Crippen LogP contribution in [0.4, 0.5) is 5.95 Å². The second-order valence-electron chi connectivity index (χ2n) is 7.94. The molecule has 5 rings (SSSR count). The number of carbonyl (C=O) groups excluding carboxylic acids is 1. The predicted octanol–water partition coefficient (Wildman–Crippen LogP) is 3.40. The molecule has 31 heavy (non-hydrogen) atoms. The summed E-state index contributed by atoms with van der Waals surface area (Å²) in [5.41, 5.74) is 9.71. The summed E-state index contributed by atoms with van der Waals surface area (Å²) in [6.07, 6.45) is 2.41. The number of likely N-dealkylation sites (tertiary alicyclic amines) is 1. The van der Waals surface area contributed by atoms with Gasteiger partial charge in [0.05, 0.1) is 5.69 Å². The van der Waals surface area contributed by atoms with Crippen molar-refractivity contribution in [1.82, 2.24) is 14.9 Å². The Hall–Kier alpha value is -3.61. The van der Waals surface area contributed by atoms with Crippen LogP contribution < -0.4 is 15.2 Å². The molecule has 1 amide bonds. The molecular formula is C24H24N4O3. The highest BCUT2D eigenvalue weighted by Gasteiger charge is 2.27. The minimum absolute atomic E-state index is 0.0173. The van der Waals surface area contributed by atoms with E-state index >= 15 is 0 Å². The van der Waals surface area contributed by atoms with Gasteiger partial charge in [0.15, 0.2) is 11.5 Å². The number of ether oxygens (including phenoxy) is 2. The minimum atomic E-state index is 0.0173. The Balaban J connectivity index is 1.25. The van der Waals surface area contributed by atoms with Gasteiger partial charge in [-0.15, -0.1) is 0 Å². The molecule has 2 aromatic carbocycles. The molecular weight excluding hydrogens is 392 g/mol. The van der Waals surface area contributed by atoms with Crippen LogP contribution in [-0.4, -0.2) is 40.7 Å². The van der Waals surface area contributed by atoms with Crippen LogP contribution >= 0.6 is 0 Å². The van der Waals surface area contributed by atoms with Gasteiger partial charge in [0.1, 0.15) is 0 Å². The third kappa shape index (κ3) is 4.17. The number of nitrogen functional groups attached to an aromatic ring is 1. The molecule has 7 heteroatoms. The van der Waals surface area contributed by atoms with Crippen molar-refractivity contribution in [1.29, 1.82) is 0 Å².